The molecule has 0 saturated carbocycles. The van der Waals surface area contributed by atoms with E-state index in [1.165, 1.54) is 18.4 Å². The van der Waals surface area contributed by atoms with Crippen LogP contribution < -0.4 is 10.1 Å². The molecule has 0 bridgehead atoms. The average Bonchev–Trinajstić information content (AvgIpc) is 2.82. The van der Waals surface area contributed by atoms with Gasteiger partial charge in [0.05, 0.1) is 0 Å². The van der Waals surface area contributed by atoms with Crippen molar-refractivity contribution in [3.63, 3.8) is 0 Å². The van der Waals surface area contributed by atoms with Crippen LogP contribution in [0.4, 0.5) is 0 Å². The highest BCUT2D eigenvalue weighted by Gasteiger charge is 2.29. The first-order valence-electron chi connectivity index (χ1n) is 6.01. The predicted octanol–water partition coefficient (Wildman–Crippen LogP) is 2.79. The normalized spacial score (nSPS) is 28.6. The zero-order chi connectivity index (χ0) is 11.0. The number of ether oxygens (including phenoxy) is 1. The maximum Gasteiger partial charge on any atom is 0.123 e. The standard InChI is InChI=1S/C13H16ClNO/c14-10-4-6-12-9(8-10)3-5-13(16-12)11-2-1-7-15-11/h4,6,8,11,13,15H,1-3,5,7H2. The number of fused-ring (bicyclic) bond motifs is 1. The summed E-state index contributed by atoms with van der Waals surface area (Å²) in [7, 11) is 0. The quantitative estimate of drug-likeness (QED) is 0.811. The molecule has 0 aliphatic carbocycles. The number of halogens is 1. The van der Waals surface area contributed by atoms with Gasteiger partial charge >= 0.3 is 0 Å². The van der Waals surface area contributed by atoms with Crippen molar-refractivity contribution in [2.45, 2.75) is 37.8 Å². The van der Waals surface area contributed by atoms with Crippen molar-refractivity contribution in [2.24, 2.45) is 0 Å². The number of nitrogens with one attached hydrogen (secondary N) is 1. The Kier molecular flexibility index (Phi) is 2.78. The highest BCUT2D eigenvalue weighted by Crippen LogP contribution is 2.32. The number of hydrogen-bond acceptors (Lipinski definition) is 2. The Labute approximate surface area is 101 Å². The summed E-state index contributed by atoms with van der Waals surface area (Å²) in [6.45, 7) is 1.14. The Morgan fingerprint density at radius 3 is 3.06 bits per heavy atom. The number of benzene rings is 1. The molecule has 2 aliphatic heterocycles. The van der Waals surface area contributed by atoms with Gasteiger partial charge < -0.3 is 10.1 Å². The van der Waals surface area contributed by atoms with E-state index in [0.717, 1.165) is 30.2 Å². The topological polar surface area (TPSA) is 21.3 Å². The lowest BCUT2D eigenvalue weighted by Gasteiger charge is -2.30. The minimum Gasteiger partial charge on any atom is -0.489 e. The van der Waals surface area contributed by atoms with E-state index in [-0.39, 0.29) is 0 Å². The number of hydrogen-bond donors (Lipinski definition) is 1. The number of aryl methyl sites for hydroxylation is 1. The Bertz CT molecular complexity index is 388. The van der Waals surface area contributed by atoms with Crippen LogP contribution >= 0.6 is 11.6 Å². The van der Waals surface area contributed by atoms with E-state index in [9.17, 15) is 0 Å². The molecule has 2 aliphatic rings. The summed E-state index contributed by atoms with van der Waals surface area (Å²) >= 11 is 5.97. The molecule has 2 nitrogen and oxygen atoms in total. The molecular weight excluding hydrogens is 222 g/mol. The van der Waals surface area contributed by atoms with Gasteiger partial charge in [0.2, 0.25) is 0 Å². The van der Waals surface area contributed by atoms with Gasteiger partial charge in [0.1, 0.15) is 11.9 Å². The molecule has 1 fully saturated rings. The van der Waals surface area contributed by atoms with E-state index < -0.39 is 0 Å². The molecule has 0 aromatic heterocycles. The van der Waals surface area contributed by atoms with E-state index >= 15 is 0 Å². The predicted molar refractivity (Wildman–Crippen MR) is 65.2 cm³/mol. The van der Waals surface area contributed by atoms with Crippen molar-refractivity contribution in [3.05, 3.63) is 28.8 Å². The summed E-state index contributed by atoms with van der Waals surface area (Å²) < 4.78 is 6.05. The van der Waals surface area contributed by atoms with Gasteiger partial charge in [0, 0.05) is 11.1 Å². The second-order valence-electron chi connectivity index (χ2n) is 4.65. The zero-order valence-corrected chi connectivity index (χ0v) is 9.96. The molecule has 0 radical (unpaired) electrons. The molecule has 3 rings (SSSR count). The van der Waals surface area contributed by atoms with Gasteiger partial charge in [0.25, 0.3) is 0 Å². The van der Waals surface area contributed by atoms with Gasteiger partial charge in [-0.1, -0.05) is 11.6 Å². The summed E-state index contributed by atoms with van der Waals surface area (Å²) in [6.07, 6.45) is 5.05. The zero-order valence-electron chi connectivity index (χ0n) is 9.21. The van der Waals surface area contributed by atoms with Crippen molar-refractivity contribution in [2.75, 3.05) is 6.54 Å². The Morgan fingerprint density at radius 2 is 2.25 bits per heavy atom. The molecule has 16 heavy (non-hydrogen) atoms. The maximum atomic E-state index is 6.05. The molecule has 86 valence electrons. The summed E-state index contributed by atoms with van der Waals surface area (Å²) in [5.74, 6) is 1.02. The molecule has 0 spiro atoms. The van der Waals surface area contributed by atoms with E-state index in [1.807, 2.05) is 18.2 Å². The Balaban J connectivity index is 1.78. The first-order valence-corrected chi connectivity index (χ1v) is 6.39. The van der Waals surface area contributed by atoms with Crippen LogP contribution in [0.2, 0.25) is 5.02 Å². The van der Waals surface area contributed by atoms with Gasteiger partial charge in [-0.15, -0.1) is 0 Å². The van der Waals surface area contributed by atoms with Gasteiger partial charge in [-0.3, -0.25) is 0 Å². The van der Waals surface area contributed by atoms with Gasteiger partial charge in [0.15, 0.2) is 0 Å². The van der Waals surface area contributed by atoms with Crippen LogP contribution in [-0.4, -0.2) is 18.7 Å². The molecule has 3 heteroatoms. The smallest absolute Gasteiger partial charge is 0.123 e. The minimum absolute atomic E-state index is 0.344. The van der Waals surface area contributed by atoms with Crippen LogP contribution in [0.5, 0.6) is 5.75 Å². The summed E-state index contributed by atoms with van der Waals surface area (Å²) in [6, 6.07) is 6.47. The number of rotatable bonds is 1. The van der Waals surface area contributed by atoms with Crippen molar-refractivity contribution >= 4 is 11.6 Å². The largest absolute Gasteiger partial charge is 0.489 e. The van der Waals surface area contributed by atoms with E-state index in [4.69, 9.17) is 16.3 Å². The molecule has 1 aromatic rings. The molecule has 2 unspecified atom stereocenters. The molecule has 1 saturated heterocycles. The fourth-order valence-electron chi connectivity index (χ4n) is 2.69. The van der Waals surface area contributed by atoms with Crippen LogP contribution in [0.1, 0.15) is 24.8 Å². The van der Waals surface area contributed by atoms with E-state index in [0.29, 0.717) is 12.1 Å². The van der Waals surface area contributed by atoms with Crippen molar-refractivity contribution in [1.82, 2.24) is 5.32 Å². The molecular formula is C13H16ClNO. The molecule has 2 heterocycles. The van der Waals surface area contributed by atoms with Gasteiger partial charge in [-0.25, -0.2) is 0 Å². The highest BCUT2D eigenvalue weighted by molar-refractivity contribution is 6.30. The van der Waals surface area contributed by atoms with Crippen LogP contribution in [0.3, 0.4) is 0 Å². The van der Waals surface area contributed by atoms with Crippen LogP contribution in [0, 0.1) is 0 Å². The van der Waals surface area contributed by atoms with Crippen LogP contribution in [-0.2, 0) is 6.42 Å². The fourth-order valence-corrected chi connectivity index (χ4v) is 2.88. The third-order valence-electron chi connectivity index (χ3n) is 3.55. The van der Waals surface area contributed by atoms with Gasteiger partial charge in [-0.05, 0) is 56.0 Å². The lowest BCUT2D eigenvalue weighted by molar-refractivity contribution is 0.137. The third-order valence-corrected chi connectivity index (χ3v) is 3.78. The monoisotopic (exact) mass is 237 g/mol. The molecule has 0 amide bonds. The van der Waals surface area contributed by atoms with E-state index in [2.05, 4.69) is 5.32 Å². The van der Waals surface area contributed by atoms with Crippen molar-refractivity contribution in [3.8, 4) is 5.75 Å². The lowest BCUT2D eigenvalue weighted by Crippen LogP contribution is -2.40. The highest BCUT2D eigenvalue weighted by atomic mass is 35.5. The maximum absolute atomic E-state index is 6.05. The second-order valence-corrected chi connectivity index (χ2v) is 5.09. The third kappa shape index (κ3) is 1.92. The second kappa shape index (κ2) is 4.27. The van der Waals surface area contributed by atoms with E-state index in [1.54, 1.807) is 0 Å². The molecule has 1 N–H and O–H groups in total. The van der Waals surface area contributed by atoms with Crippen LogP contribution in [0.25, 0.3) is 0 Å². The Morgan fingerprint density at radius 1 is 1.31 bits per heavy atom. The first-order chi connectivity index (χ1) is 7.83. The SMILES string of the molecule is Clc1ccc2c(c1)CCC(C1CCCN1)O2. The minimum atomic E-state index is 0.344. The summed E-state index contributed by atoms with van der Waals surface area (Å²) in [5.41, 5.74) is 1.25. The van der Waals surface area contributed by atoms with Gasteiger partial charge in [-0.2, -0.15) is 0 Å². The fraction of sp³-hybridized carbons (Fsp3) is 0.538. The first kappa shape index (κ1) is 10.4. The Hall–Kier alpha value is -0.730. The van der Waals surface area contributed by atoms with Crippen molar-refractivity contribution in [1.29, 1.82) is 0 Å². The molecule has 1 aromatic carbocycles. The van der Waals surface area contributed by atoms with Crippen LogP contribution in [0.15, 0.2) is 18.2 Å². The molecule has 2 atom stereocenters. The van der Waals surface area contributed by atoms with Crippen molar-refractivity contribution < 1.29 is 4.74 Å². The summed E-state index contributed by atoms with van der Waals surface area (Å²) in [4.78, 5) is 0. The average molecular weight is 238 g/mol. The summed E-state index contributed by atoms with van der Waals surface area (Å²) in [5, 5.41) is 4.32. The lowest BCUT2D eigenvalue weighted by atomic mass is 9.97.